The largest absolute Gasteiger partial charge is 0.479 e. The van der Waals surface area contributed by atoms with Crippen LogP contribution in [0.2, 0.25) is 0 Å². The number of likely N-dealkylation sites (tertiary alicyclic amines) is 1. The molecular formula is C11H20N2O5. The van der Waals surface area contributed by atoms with Crippen LogP contribution in [0.3, 0.4) is 0 Å². The Morgan fingerprint density at radius 1 is 1.39 bits per heavy atom. The SMILES string of the molecule is CC1(O)CCCN(C(=O)NC[C@H](O)C(=O)O)CC1. The molecule has 1 heterocycles. The fourth-order valence-corrected chi connectivity index (χ4v) is 1.85. The monoisotopic (exact) mass is 260 g/mol. The van der Waals surface area contributed by atoms with Crippen molar-refractivity contribution in [2.45, 2.75) is 37.9 Å². The molecule has 0 saturated carbocycles. The number of rotatable bonds is 3. The summed E-state index contributed by atoms with van der Waals surface area (Å²) in [4.78, 5) is 23.6. The summed E-state index contributed by atoms with van der Waals surface area (Å²) < 4.78 is 0. The van der Waals surface area contributed by atoms with Gasteiger partial charge in [0.1, 0.15) is 0 Å². The molecule has 7 heteroatoms. The molecule has 1 fully saturated rings. The molecule has 104 valence electrons. The molecule has 0 aromatic rings. The first-order valence-electron chi connectivity index (χ1n) is 5.98. The van der Waals surface area contributed by atoms with Crippen molar-refractivity contribution in [2.24, 2.45) is 0 Å². The average Bonchev–Trinajstić information content (AvgIpc) is 2.46. The zero-order chi connectivity index (χ0) is 13.8. The molecule has 2 amide bonds. The van der Waals surface area contributed by atoms with Gasteiger partial charge >= 0.3 is 12.0 Å². The number of carbonyl (C=O) groups excluding carboxylic acids is 1. The number of hydrogen-bond donors (Lipinski definition) is 4. The van der Waals surface area contributed by atoms with Crippen LogP contribution in [0, 0.1) is 0 Å². The first-order chi connectivity index (χ1) is 8.32. The van der Waals surface area contributed by atoms with Gasteiger partial charge in [-0.2, -0.15) is 0 Å². The predicted molar refractivity (Wildman–Crippen MR) is 63.1 cm³/mol. The molecule has 0 bridgehead atoms. The summed E-state index contributed by atoms with van der Waals surface area (Å²) in [5.74, 6) is -1.37. The predicted octanol–water partition coefficient (Wildman–Crippen LogP) is -0.622. The standard InChI is InChI=1S/C11H20N2O5/c1-11(18)3-2-5-13(6-4-11)10(17)12-7-8(14)9(15)16/h8,14,18H,2-7H2,1H3,(H,12,17)(H,15,16)/t8-,11?/m0/s1. The topological polar surface area (TPSA) is 110 Å². The summed E-state index contributed by atoms with van der Waals surface area (Å²) in [6.45, 7) is 2.36. The van der Waals surface area contributed by atoms with E-state index in [1.807, 2.05) is 0 Å². The lowest BCUT2D eigenvalue weighted by Crippen LogP contribution is -2.45. The van der Waals surface area contributed by atoms with Crippen LogP contribution < -0.4 is 5.32 Å². The molecule has 0 aliphatic carbocycles. The van der Waals surface area contributed by atoms with Gasteiger partial charge in [-0.1, -0.05) is 0 Å². The van der Waals surface area contributed by atoms with E-state index in [0.29, 0.717) is 32.4 Å². The van der Waals surface area contributed by atoms with Crippen molar-refractivity contribution < 1.29 is 24.9 Å². The highest BCUT2D eigenvalue weighted by Gasteiger charge is 2.27. The van der Waals surface area contributed by atoms with Crippen molar-refractivity contribution in [3.05, 3.63) is 0 Å². The molecule has 0 aromatic heterocycles. The van der Waals surface area contributed by atoms with Crippen molar-refractivity contribution in [3.63, 3.8) is 0 Å². The van der Waals surface area contributed by atoms with Crippen LogP contribution in [0.25, 0.3) is 0 Å². The number of carboxylic acids is 1. The first-order valence-corrected chi connectivity index (χ1v) is 5.98. The highest BCUT2D eigenvalue weighted by atomic mass is 16.4. The Bertz CT molecular complexity index is 319. The first kappa shape index (κ1) is 14.7. The normalized spacial score (nSPS) is 26.3. The summed E-state index contributed by atoms with van der Waals surface area (Å²) >= 11 is 0. The highest BCUT2D eigenvalue weighted by molar-refractivity contribution is 5.76. The minimum Gasteiger partial charge on any atom is -0.479 e. The van der Waals surface area contributed by atoms with E-state index in [1.165, 1.54) is 4.90 Å². The number of urea groups is 1. The quantitative estimate of drug-likeness (QED) is 0.540. The molecule has 0 radical (unpaired) electrons. The Hall–Kier alpha value is -1.34. The molecular weight excluding hydrogens is 240 g/mol. The second kappa shape index (κ2) is 6.01. The Kier molecular flexibility index (Phi) is 4.92. The number of nitrogens with one attached hydrogen (secondary N) is 1. The Balaban J connectivity index is 2.40. The van der Waals surface area contributed by atoms with Gasteiger partial charge in [0.2, 0.25) is 0 Å². The smallest absolute Gasteiger partial charge is 0.334 e. The lowest BCUT2D eigenvalue weighted by atomic mass is 9.98. The van der Waals surface area contributed by atoms with Crippen LogP contribution in [0.4, 0.5) is 4.79 Å². The number of aliphatic hydroxyl groups excluding tert-OH is 1. The van der Waals surface area contributed by atoms with Gasteiger partial charge in [-0.05, 0) is 26.2 Å². The maximum absolute atomic E-state index is 11.7. The average molecular weight is 260 g/mol. The minimum atomic E-state index is -1.59. The zero-order valence-corrected chi connectivity index (χ0v) is 10.4. The van der Waals surface area contributed by atoms with Gasteiger partial charge in [0.15, 0.2) is 6.10 Å². The molecule has 4 N–H and O–H groups in total. The second-order valence-electron chi connectivity index (χ2n) is 4.88. The number of amides is 2. The van der Waals surface area contributed by atoms with Crippen molar-refractivity contribution in [2.75, 3.05) is 19.6 Å². The summed E-state index contributed by atoms with van der Waals surface area (Å²) in [5.41, 5.74) is -0.754. The maximum atomic E-state index is 11.7. The van der Waals surface area contributed by atoms with E-state index in [9.17, 15) is 14.7 Å². The molecule has 1 rings (SSSR count). The van der Waals surface area contributed by atoms with Crippen LogP contribution in [0.1, 0.15) is 26.2 Å². The van der Waals surface area contributed by atoms with Crippen LogP contribution in [0.15, 0.2) is 0 Å². The lowest BCUT2D eigenvalue weighted by Gasteiger charge is -2.23. The summed E-state index contributed by atoms with van der Waals surface area (Å²) in [5, 5.41) is 29.7. The third-order valence-electron chi connectivity index (χ3n) is 3.08. The van der Waals surface area contributed by atoms with Gasteiger partial charge in [-0.15, -0.1) is 0 Å². The van der Waals surface area contributed by atoms with Crippen molar-refractivity contribution in [3.8, 4) is 0 Å². The van der Waals surface area contributed by atoms with Crippen LogP contribution in [-0.2, 0) is 4.79 Å². The van der Waals surface area contributed by atoms with Crippen LogP contribution in [0.5, 0.6) is 0 Å². The van der Waals surface area contributed by atoms with Gasteiger partial charge in [0, 0.05) is 13.1 Å². The van der Waals surface area contributed by atoms with E-state index in [1.54, 1.807) is 6.92 Å². The summed E-state index contributed by atoms with van der Waals surface area (Å²) in [6, 6.07) is -0.409. The van der Waals surface area contributed by atoms with Gasteiger partial charge in [0.05, 0.1) is 12.1 Å². The van der Waals surface area contributed by atoms with E-state index in [2.05, 4.69) is 5.32 Å². The molecule has 1 saturated heterocycles. The maximum Gasteiger partial charge on any atom is 0.334 e. The molecule has 7 nitrogen and oxygen atoms in total. The molecule has 1 unspecified atom stereocenters. The van der Waals surface area contributed by atoms with Crippen molar-refractivity contribution >= 4 is 12.0 Å². The van der Waals surface area contributed by atoms with Crippen molar-refractivity contribution in [1.29, 1.82) is 0 Å². The molecule has 0 aromatic carbocycles. The number of aliphatic hydroxyl groups is 2. The number of carboxylic acid groups (broad SMARTS) is 1. The van der Waals surface area contributed by atoms with Crippen LogP contribution in [-0.4, -0.2) is 63.6 Å². The molecule has 1 aliphatic rings. The zero-order valence-electron chi connectivity index (χ0n) is 10.4. The van der Waals surface area contributed by atoms with Gasteiger partial charge < -0.3 is 25.5 Å². The second-order valence-corrected chi connectivity index (χ2v) is 4.88. The fraction of sp³-hybridized carbons (Fsp3) is 0.818. The lowest BCUT2D eigenvalue weighted by molar-refractivity contribution is -0.146. The highest BCUT2D eigenvalue weighted by Crippen LogP contribution is 2.21. The molecule has 1 aliphatic heterocycles. The van der Waals surface area contributed by atoms with E-state index >= 15 is 0 Å². The Labute approximate surface area is 105 Å². The number of aliphatic carboxylic acids is 1. The van der Waals surface area contributed by atoms with Gasteiger partial charge in [-0.3, -0.25) is 0 Å². The fourth-order valence-electron chi connectivity index (χ4n) is 1.85. The summed E-state index contributed by atoms with van der Waals surface area (Å²) in [6.07, 6.45) is 0.224. The number of nitrogens with zero attached hydrogens (tertiary/aromatic N) is 1. The minimum absolute atomic E-state index is 0.318. The molecule has 0 spiro atoms. The summed E-state index contributed by atoms with van der Waals surface area (Å²) in [7, 11) is 0. The van der Waals surface area contributed by atoms with Gasteiger partial charge in [-0.25, -0.2) is 9.59 Å². The van der Waals surface area contributed by atoms with E-state index in [0.717, 1.165) is 0 Å². The Morgan fingerprint density at radius 2 is 2.06 bits per heavy atom. The van der Waals surface area contributed by atoms with Crippen molar-refractivity contribution in [1.82, 2.24) is 10.2 Å². The van der Waals surface area contributed by atoms with E-state index in [-0.39, 0.29) is 6.54 Å². The molecule has 18 heavy (non-hydrogen) atoms. The van der Waals surface area contributed by atoms with E-state index < -0.39 is 23.7 Å². The Morgan fingerprint density at radius 3 is 2.67 bits per heavy atom. The third kappa shape index (κ3) is 4.50. The number of hydrogen-bond acceptors (Lipinski definition) is 4. The van der Waals surface area contributed by atoms with E-state index in [4.69, 9.17) is 10.2 Å². The number of carbonyl (C=O) groups is 2. The van der Waals surface area contributed by atoms with Gasteiger partial charge in [0.25, 0.3) is 0 Å². The molecule has 2 atom stereocenters. The third-order valence-corrected chi connectivity index (χ3v) is 3.08. The van der Waals surface area contributed by atoms with Crippen LogP contribution >= 0.6 is 0 Å².